The first kappa shape index (κ1) is 17.0. The summed E-state index contributed by atoms with van der Waals surface area (Å²) >= 11 is 0. The minimum Gasteiger partial charge on any atom is -0.494 e. The first-order chi connectivity index (χ1) is 13.2. The van der Waals surface area contributed by atoms with E-state index in [1.165, 1.54) is 0 Å². The Balaban J connectivity index is 1.52. The standard InChI is InChI=1S/C20H19N3O4/c1-2-25-16-6-4-15(5-7-16)23-10-9-21-19(20(23)24)22-12-14-3-8-17-18(11-14)27-13-26-17/h3-11H,2,12-13H2,1H3,(H,21,22). The van der Waals surface area contributed by atoms with Crippen LogP contribution in [0.3, 0.4) is 0 Å². The average molecular weight is 365 g/mol. The maximum Gasteiger partial charge on any atom is 0.297 e. The van der Waals surface area contributed by atoms with E-state index >= 15 is 0 Å². The molecule has 7 nitrogen and oxygen atoms in total. The van der Waals surface area contributed by atoms with Crippen LogP contribution in [0.5, 0.6) is 17.2 Å². The average Bonchev–Trinajstić information content (AvgIpc) is 3.16. The maximum atomic E-state index is 12.8. The second kappa shape index (κ2) is 7.41. The van der Waals surface area contributed by atoms with E-state index in [-0.39, 0.29) is 18.2 Å². The lowest BCUT2D eigenvalue weighted by atomic mass is 10.2. The molecule has 3 aromatic rings. The van der Waals surface area contributed by atoms with Gasteiger partial charge in [0.05, 0.1) is 6.61 Å². The molecular weight excluding hydrogens is 346 g/mol. The highest BCUT2D eigenvalue weighted by atomic mass is 16.7. The summed E-state index contributed by atoms with van der Waals surface area (Å²) in [6.07, 6.45) is 3.24. The molecular formula is C20H19N3O4. The van der Waals surface area contributed by atoms with Gasteiger partial charge in [0.25, 0.3) is 5.56 Å². The highest BCUT2D eigenvalue weighted by Gasteiger charge is 2.13. The van der Waals surface area contributed by atoms with Gasteiger partial charge >= 0.3 is 0 Å². The third-order valence-corrected chi connectivity index (χ3v) is 4.16. The van der Waals surface area contributed by atoms with Crippen LogP contribution in [0.2, 0.25) is 0 Å². The highest BCUT2D eigenvalue weighted by molar-refractivity contribution is 5.46. The van der Waals surface area contributed by atoms with Gasteiger partial charge in [-0.05, 0) is 48.9 Å². The number of benzene rings is 2. The Bertz CT molecular complexity index is 999. The molecule has 0 unspecified atom stereocenters. The normalized spacial score (nSPS) is 12.0. The molecule has 2 aromatic carbocycles. The Morgan fingerprint density at radius 2 is 1.96 bits per heavy atom. The number of anilines is 1. The van der Waals surface area contributed by atoms with E-state index < -0.39 is 0 Å². The van der Waals surface area contributed by atoms with Gasteiger partial charge in [-0.25, -0.2) is 4.98 Å². The summed E-state index contributed by atoms with van der Waals surface area (Å²) in [6, 6.07) is 13.0. The molecule has 0 saturated heterocycles. The summed E-state index contributed by atoms with van der Waals surface area (Å²) in [5.41, 5.74) is 1.50. The maximum absolute atomic E-state index is 12.8. The Kier molecular flexibility index (Phi) is 4.65. The number of hydrogen-bond donors (Lipinski definition) is 1. The number of ether oxygens (including phenoxy) is 3. The van der Waals surface area contributed by atoms with Crippen LogP contribution < -0.4 is 25.1 Å². The molecule has 4 rings (SSSR count). The summed E-state index contributed by atoms with van der Waals surface area (Å²) in [6.45, 7) is 3.22. The Hall–Kier alpha value is -3.48. The van der Waals surface area contributed by atoms with Crippen LogP contribution in [0, 0.1) is 0 Å². The van der Waals surface area contributed by atoms with Crippen molar-refractivity contribution < 1.29 is 14.2 Å². The number of aromatic nitrogens is 2. The van der Waals surface area contributed by atoms with Gasteiger partial charge in [0.1, 0.15) is 5.75 Å². The molecule has 0 amide bonds. The first-order valence-electron chi connectivity index (χ1n) is 8.68. The molecule has 1 aromatic heterocycles. The number of rotatable bonds is 6. The number of hydrogen-bond acceptors (Lipinski definition) is 6. The molecule has 0 bridgehead atoms. The summed E-state index contributed by atoms with van der Waals surface area (Å²) in [4.78, 5) is 16.9. The minimum atomic E-state index is -0.220. The largest absolute Gasteiger partial charge is 0.494 e. The summed E-state index contributed by atoms with van der Waals surface area (Å²) in [5, 5.41) is 3.10. The molecule has 7 heteroatoms. The molecule has 1 aliphatic rings. The Labute approximate surface area is 156 Å². The van der Waals surface area contributed by atoms with Gasteiger partial charge < -0.3 is 19.5 Å². The first-order valence-corrected chi connectivity index (χ1v) is 8.68. The zero-order valence-electron chi connectivity index (χ0n) is 14.8. The smallest absolute Gasteiger partial charge is 0.297 e. The molecule has 0 spiro atoms. The van der Waals surface area contributed by atoms with Gasteiger partial charge in [-0.3, -0.25) is 9.36 Å². The molecule has 0 radical (unpaired) electrons. The van der Waals surface area contributed by atoms with Crippen molar-refractivity contribution in [1.82, 2.24) is 9.55 Å². The summed E-state index contributed by atoms with van der Waals surface area (Å²) < 4.78 is 17.7. The van der Waals surface area contributed by atoms with Gasteiger partial charge in [-0.1, -0.05) is 6.07 Å². The van der Waals surface area contributed by atoms with Crippen molar-refractivity contribution in [2.75, 3.05) is 18.7 Å². The SMILES string of the molecule is CCOc1ccc(-n2ccnc(NCc3ccc4c(c3)OCO4)c2=O)cc1. The molecule has 0 aliphatic carbocycles. The van der Waals surface area contributed by atoms with Crippen LogP contribution in [0.1, 0.15) is 12.5 Å². The Morgan fingerprint density at radius 1 is 1.15 bits per heavy atom. The monoisotopic (exact) mass is 365 g/mol. The van der Waals surface area contributed by atoms with E-state index in [1.54, 1.807) is 17.0 Å². The van der Waals surface area contributed by atoms with Crippen LogP contribution in [0.4, 0.5) is 5.82 Å². The topological polar surface area (TPSA) is 74.6 Å². The fourth-order valence-corrected chi connectivity index (χ4v) is 2.84. The van der Waals surface area contributed by atoms with E-state index in [4.69, 9.17) is 14.2 Å². The minimum absolute atomic E-state index is 0.220. The van der Waals surface area contributed by atoms with Gasteiger partial charge in [0.15, 0.2) is 17.3 Å². The van der Waals surface area contributed by atoms with E-state index in [0.29, 0.717) is 18.9 Å². The van der Waals surface area contributed by atoms with Crippen molar-refractivity contribution in [2.24, 2.45) is 0 Å². The van der Waals surface area contributed by atoms with Crippen LogP contribution in [-0.4, -0.2) is 23.0 Å². The van der Waals surface area contributed by atoms with Crippen molar-refractivity contribution in [1.29, 1.82) is 0 Å². The van der Waals surface area contributed by atoms with Gasteiger partial charge in [-0.15, -0.1) is 0 Å². The molecule has 1 aliphatic heterocycles. The zero-order chi connectivity index (χ0) is 18.6. The predicted molar refractivity (Wildman–Crippen MR) is 101 cm³/mol. The van der Waals surface area contributed by atoms with Crippen molar-refractivity contribution >= 4 is 5.82 Å². The van der Waals surface area contributed by atoms with Crippen LogP contribution in [0.25, 0.3) is 5.69 Å². The summed E-state index contributed by atoms with van der Waals surface area (Å²) in [5.74, 6) is 2.49. The Morgan fingerprint density at radius 3 is 2.78 bits per heavy atom. The van der Waals surface area contributed by atoms with E-state index in [0.717, 1.165) is 22.7 Å². The molecule has 138 valence electrons. The van der Waals surface area contributed by atoms with E-state index in [2.05, 4.69) is 10.3 Å². The van der Waals surface area contributed by atoms with Crippen LogP contribution >= 0.6 is 0 Å². The summed E-state index contributed by atoms with van der Waals surface area (Å²) in [7, 11) is 0. The van der Waals surface area contributed by atoms with Crippen molar-refractivity contribution in [3.8, 4) is 22.9 Å². The van der Waals surface area contributed by atoms with Gasteiger partial charge in [0, 0.05) is 24.6 Å². The lowest BCUT2D eigenvalue weighted by molar-refractivity contribution is 0.174. The third kappa shape index (κ3) is 3.57. The van der Waals surface area contributed by atoms with E-state index in [9.17, 15) is 4.79 Å². The second-order valence-electron chi connectivity index (χ2n) is 5.92. The van der Waals surface area contributed by atoms with Crippen molar-refractivity contribution in [3.05, 3.63) is 70.8 Å². The molecule has 27 heavy (non-hydrogen) atoms. The van der Waals surface area contributed by atoms with Crippen LogP contribution in [-0.2, 0) is 6.54 Å². The molecule has 0 atom stereocenters. The molecule has 0 fully saturated rings. The molecule has 1 N–H and O–H groups in total. The number of nitrogens with one attached hydrogen (secondary N) is 1. The zero-order valence-corrected chi connectivity index (χ0v) is 14.8. The van der Waals surface area contributed by atoms with E-state index in [1.807, 2.05) is 49.4 Å². The van der Waals surface area contributed by atoms with Crippen molar-refractivity contribution in [3.63, 3.8) is 0 Å². The lowest BCUT2D eigenvalue weighted by Crippen LogP contribution is -2.23. The third-order valence-electron chi connectivity index (χ3n) is 4.16. The lowest BCUT2D eigenvalue weighted by Gasteiger charge is -2.10. The molecule has 0 saturated carbocycles. The highest BCUT2D eigenvalue weighted by Crippen LogP contribution is 2.32. The second-order valence-corrected chi connectivity index (χ2v) is 5.92. The number of nitrogens with zero attached hydrogens (tertiary/aromatic N) is 2. The predicted octanol–water partition coefficient (Wildman–Crippen LogP) is 2.97. The molecule has 2 heterocycles. The number of fused-ring (bicyclic) bond motifs is 1. The fourth-order valence-electron chi connectivity index (χ4n) is 2.84. The fraction of sp³-hybridized carbons (Fsp3) is 0.200. The quantitative estimate of drug-likeness (QED) is 0.724. The van der Waals surface area contributed by atoms with Gasteiger partial charge in [-0.2, -0.15) is 0 Å². The van der Waals surface area contributed by atoms with Gasteiger partial charge in [0.2, 0.25) is 6.79 Å². The van der Waals surface area contributed by atoms with Crippen LogP contribution in [0.15, 0.2) is 59.7 Å². The van der Waals surface area contributed by atoms with Crippen molar-refractivity contribution in [2.45, 2.75) is 13.5 Å².